The maximum atomic E-state index is 5.76. The Morgan fingerprint density at radius 3 is 2.41 bits per heavy atom. The maximum Gasteiger partial charge on any atom is 0.161 e. The van der Waals surface area contributed by atoms with E-state index in [-0.39, 0.29) is 0 Å². The van der Waals surface area contributed by atoms with E-state index in [0.29, 0.717) is 12.0 Å². The van der Waals surface area contributed by atoms with Crippen LogP contribution >= 0.6 is 15.9 Å². The molecule has 17 heavy (non-hydrogen) atoms. The molecule has 1 aromatic rings. The van der Waals surface area contributed by atoms with Crippen LogP contribution in [0.25, 0.3) is 0 Å². The Morgan fingerprint density at radius 1 is 1.18 bits per heavy atom. The number of hydrogen-bond acceptors (Lipinski definition) is 2. The van der Waals surface area contributed by atoms with Crippen molar-refractivity contribution in [3.63, 3.8) is 0 Å². The minimum Gasteiger partial charge on any atom is -0.493 e. The second kappa shape index (κ2) is 6.29. The van der Waals surface area contributed by atoms with Crippen LogP contribution in [-0.2, 0) is 5.33 Å². The van der Waals surface area contributed by atoms with E-state index in [2.05, 4.69) is 36.7 Å². The molecule has 0 spiro atoms. The van der Waals surface area contributed by atoms with Crippen LogP contribution in [-0.4, -0.2) is 13.7 Å². The predicted octanol–water partition coefficient (Wildman–Crippen LogP) is 4.41. The summed E-state index contributed by atoms with van der Waals surface area (Å²) < 4.78 is 11.1. The highest BCUT2D eigenvalue weighted by Gasteiger charge is 2.11. The molecule has 0 aliphatic carbocycles. The van der Waals surface area contributed by atoms with Crippen LogP contribution in [0.15, 0.2) is 18.2 Å². The lowest BCUT2D eigenvalue weighted by Gasteiger charge is -2.19. The molecular formula is C14H21BrO2. The SMILES string of the molecule is COc1cc(CBr)ccc1OCCC(C)(C)C. The van der Waals surface area contributed by atoms with Gasteiger partial charge in [-0.25, -0.2) is 0 Å². The van der Waals surface area contributed by atoms with Gasteiger partial charge in [-0.05, 0) is 29.5 Å². The summed E-state index contributed by atoms with van der Waals surface area (Å²) in [6.07, 6.45) is 1.02. The van der Waals surface area contributed by atoms with Crippen molar-refractivity contribution in [3.05, 3.63) is 23.8 Å². The van der Waals surface area contributed by atoms with E-state index >= 15 is 0 Å². The standard InChI is InChI=1S/C14H21BrO2/c1-14(2,3)7-8-17-12-6-5-11(10-15)9-13(12)16-4/h5-6,9H,7-8,10H2,1-4H3. The molecule has 0 heterocycles. The Balaban J connectivity index is 2.64. The molecule has 0 saturated carbocycles. The first-order valence-electron chi connectivity index (χ1n) is 5.82. The number of halogens is 1. The first-order chi connectivity index (χ1) is 7.96. The van der Waals surface area contributed by atoms with Crippen molar-refractivity contribution >= 4 is 15.9 Å². The minimum absolute atomic E-state index is 0.295. The van der Waals surface area contributed by atoms with Gasteiger partial charge < -0.3 is 9.47 Å². The molecule has 0 aliphatic rings. The number of rotatable bonds is 5. The molecule has 96 valence electrons. The van der Waals surface area contributed by atoms with Crippen LogP contribution in [0.5, 0.6) is 11.5 Å². The summed E-state index contributed by atoms with van der Waals surface area (Å²) in [4.78, 5) is 0. The molecule has 0 bridgehead atoms. The topological polar surface area (TPSA) is 18.5 Å². The van der Waals surface area contributed by atoms with Gasteiger partial charge in [-0.2, -0.15) is 0 Å². The maximum absolute atomic E-state index is 5.76. The zero-order valence-corrected chi connectivity index (χ0v) is 12.6. The first kappa shape index (κ1) is 14.4. The molecule has 1 aromatic carbocycles. The van der Waals surface area contributed by atoms with E-state index in [4.69, 9.17) is 9.47 Å². The molecule has 0 N–H and O–H groups in total. The number of alkyl halides is 1. The molecule has 0 aromatic heterocycles. The van der Waals surface area contributed by atoms with Crippen molar-refractivity contribution < 1.29 is 9.47 Å². The quantitative estimate of drug-likeness (QED) is 0.750. The van der Waals surface area contributed by atoms with Gasteiger partial charge in [0, 0.05) is 5.33 Å². The molecule has 3 heteroatoms. The average Bonchev–Trinajstić information content (AvgIpc) is 2.27. The molecule has 0 amide bonds. The van der Waals surface area contributed by atoms with Gasteiger partial charge in [0.1, 0.15) is 0 Å². The van der Waals surface area contributed by atoms with Crippen molar-refractivity contribution in [1.82, 2.24) is 0 Å². The van der Waals surface area contributed by atoms with Gasteiger partial charge >= 0.3 is 0 Å². The van der Waals surface area contributed by atoms with Crippen molar-refractivity contribution in [2.24, 2.45) is 5.41 Å². The molecule has 1 rings (SSSR count). The third kappa shape index (κ3) is 4.99. The molecule has 0 saturated heterocycles. The van der Waals surface area contributed by atoms with E-state index < -0.39 is 0 Å². The zero-order valence-electron chi connectivity index (χ0n) is 11.0. The van der Waals surface area contributed by atoms with Gasteiger partial charge in [0.25, 0.3) is 0 Å². The summed E-state index contributed by atoms with van der Waals surface area (Å²) >= 11 is 3.43. The van der Waals surface area contributed by atoms with E-state index in [9.17, 15) is 0 Å². The third-order valence-corrected chi connectivity index (χ3v) is 3.14. The number of benzene rings is 1. The number of hydrogen-bond donors (Lipinski definition) is 0. The van der Waals surface area contributed by atoms with Crippen LogP contribution in [0, 0.1) is 5.41 Å². The lowest BCUT2D eigenvalue weighted by atomic mass is 9.93. The molecule has 0 radical (unpaired) electrons. The summed E-state index contributed by atoms with van der Waals surface area (Å²) in [5.74, 6) is 1.62. The molecule has 2 nitrogen and oxygen atoms in total. The molecular weight excluding hydrogens is 280 g/mol. The van der Waals surface area contributed by atoms with Gasteiger partial charge in [-0.3, -0.25) is 0 Å². The van der Waals surface area contributed by atoms with Crippen LogP contribution in [0.4, 0.5) is 0 Å². The predicted molar refractivity (Wildman–Crippen MR) is 75.2 cm³/mol. The Kier molecular flexibility index (Phi) is 5.31. The minimum atomic E-state index is 0.295. The fourth-order valence-electron chi connectivity index (χ4n) is 1.38. The van der Waals surface area contributed by atoms with Crippen molar-refractivity contribution in [1.29, 1.82) is 0 Å². The molecule has 0 atom stereocenters. The zero-order chi connectivity index (χ0) is 12.9. The third-order valence-electron chi connectivity index (χ3n) is 2.49. The van der Waals surface area contributed by atoms with E-state index in [1.807, 2.05) is 18.2 Å². The Morgan fingerprint density at radius 2 is 1.88 bits per heavy atom. The summed E-state index contributed by atoms with van der Waals surface area (Å²) in [6.45, 7) is 7.35. The molecule has 0 fully saturated rings. The van der Waals surface area contributed by atoms with Crippen molar-refractivity contribution in [2.75, 3.05) is 13.7 Å². The highest BCUT2D eigenvalue weighted by Crippen LogP contribution is 2.29. The summed E-state index contributed by atoms with van der Waals surface area (Å²) in [5, 5.41) is 0.825. The normalized spacial score (nSPS) is 11.4. The second-order valence-electron chi connectivity index (χ2n) is 5.28. The summed E-state index contributed by atoms with van der Waals surface area (Å²) in [6, 6.07) is 6.02. The van der Waals surface area contributed by atoms with Gasteiger partial charge in [-0.15, -0.1) is 0 Å². The number of ether oxygens (including phenoxy) is 2. The largest absolute Gasteiger partial charge is 0.493 e. The Labute approximate surface area is 112 Å². The molecule has 0 aliphatic heterocycles. The van der Waals surface area contributed by atoms with Crippen LogP contribution in [0.2, 0.25) is 0 Å². The van der Waals surface area contributed by atoms with Crippen LogP contribution in [0.3, 0.4) is 0 Å². The Bertz CT molecular complexity index is 356. The monoisotopic (exact) mass is 300 g/mol. The number of methoxy groups -OCH3 is 1. The van der Waals surface area contributed by atoms with Crippen LogP contribution < -0.4 is 9.47 Å². The van der Waals surface area contributed by atoms with E-state index in [1.54, 1.807) is 7.11 Å². The fourth-order valence-corrected chi connectivity index (χ4v) is 1.73. The van der Waals surface area contributed by atoms with Crippen LogP contribution in [0.1, 0.15) is 32.8 Å². The second-order valence-corrected chi connectivity index (χ2v) is 5.84. The fraction of sp³-hybridized carbons (Fsp3) is 0.571. The first-order valence-corrected chi connectivity index (χ1v) is 6.94. The van der Waals surface area contributed by atoms with Crippen molar-refractivity contribution in [2.45, 2.75) is 32.5 Å². The van der Waals surface area contributed by atoms with Gasteiger partial charge in [0.2, 0.25) is 0 Å². The van der Waals surface area contributed by atoms with E-state index in [0.717, 1.165) is 23.2 Å². The summed E-state index contributed by atoms with van der Waals surface area (Å²) in [7, 11) is 1.67. The van der Waals surface area contributed by atoms with Gasteiger partial charge in [0.05, 0.1) is 13.7 Å². The highest BCUT2D eigenvalue weighted by molar-refractivity contribution is 9.08. The van der Waals surface area contributed by atoms with E-state index in [1.165, 1.54) is 5.56 Å². The smallest absolute Gasteiger partial charge is 0.161 e. The lowest BCUT2D eigenvalue weighted by molar-refractivity contribution is 0.234. The average molecular weight is 301 g/mol. The Hall–Kier alpha value is -0.700. The lowest BCUT2D eigenvalue weighted by Crippen LogP contribution is -2.11. The van der Waals surface area contributed by atoms with Gasteiger partial charge in [-0.1, -0.05) is 42.8 Å². The van der Waals surface area contributed by atoms with Gasteiger partial charge in [0.15, 0.2) is 11.5 Å². The van der Waals surface area contributed by atoms with Crippen molar-refractivity contribution in [3.8, 4) is 11.5 Å². The molecule has 0 unspecified atom stereocenters. The summed E-state index contributed by atoms with van der Waals surface area (Å²) in [5.41, 5.74) is 1.48. The highest BCUT2D eigenvalue weighted by atomic mass is 79.9.